The predicted octanol–water partition coefficient (Wildman–Crippen LogP) is 5.83. The highest BCUT2D eigenvalue weighted by atomic mass is 14.8. The number of hydrogen-bond acceptors (Lipinski definition) is 2. The minimum Gasteiger partial charge on any atom is -0.246 e. The van der Waals surface area contributed by atoms with E-state index in [9.17, 15) is 0 Å². The van der Waals surface area contributed by atoms with E-state index in [2.05, 4.69) is 72.8 Å². The SMILES string of the molecule is C1=C[C@H]2Cc3cc4nc(-c5ccc6ccccc6n5)ccc4cc3[C@@H]2C=C1. The third-order valence-electron chi connectivity index (χ3n) is 5.87. The van der Waals surface area contributed by atoms with Gasteiger partial charge in [0.2, 0.25) is 0 Å². The Morgan fingerprint density at radius 3 is 2.41 bits per heavy atom. The number of benzene rings is 2. The van der Waals surface area contributed by atoms with Crippen molar-refractivity contribution < 1.29 is 0 Å². The number of allylic oxidation sites excluding steroid dienone is 4. The first-order valence-electron chi connectivity index (χ1n) is 9.50. The Morgan fingerprint density at radius 2 is 1.48 bits per heavy atom. The first-order valence-corrected chi connectivity index (χ1v) is 9.50. The summed E-state index contributed by atoms with van der Waals surface area (Å²) in [5.41, 5.74) is 6.83. The number of para-hydroxylation sites is 1. The van der Waals surface area contributed by atoms with Crippen molar-refractivity contribution in [3.63, 3.8) is 0 Å². The normalized spacial score (nSPS) is 20.1. The molecule has 0 N–H and O–H groups in total. The van der Waals surface area contributed by atoms with Crippen LogP contribution in [0.5, 0.6) is 0 Å². The molecule has 0 unspecified atom stereocenters. The molecule has 0 bridgehead atoms. The summed E-state index contributed by atoms with van der Waals surface area (Å²) >= 11 is 0. The highest BCUT2D eigenvalue weighted by molar-refractivity contribution is 5.85. The maximum atomic E-state index is 4.95. The van der Waals surface area contributed by atoms with E-state index in [-0.39, 0.29) is 0 Å². The molecule has 2 aromatic carbocycles. The lowest BCUT2D eigenvalue weighted by Gasteiger charge is -2.15. The molecular weight excluding hydrogens is 328 g/mol. The number of nitrogens with zero attached hydrogens (tertiary/aromatic N) is 2. The highest BCUT2D eigenvalue weighted by Crippen LogP contribution is 2.42. The molecule has 2 aliphatic carbocycles. The van der Waals surface area contributed by atoms with Crippen LogP contribution in [-0.2, 0) is 6.42 Å². The van der Waals surface area contributed by atoms with Gasteiger partial charge in [0.25, 0.3) is 0 Å². The summed E-state index contributed by atoms with van der Waals surface area (Å²) in [5, 5.41) is 2.37. The van der Waals surface area contributed by atoms with Gasteiger partial charge >= 0.3 is 0 Å². The largest absolute Gasteiger partial charge is 0.246 e. The second-order valence-electron chi connectivity index (χ2n) is 7.49. The van der Waals surface area contributed by atoms with Crippen molar-refractivity contribution in [2.24, 2.45) is 5.92 Å². The van der Waals surface area contributed by atoms with Crippen LogP contribution in [0.1, 0.15) is 17.0 Å². The Morgan fingerprint density at radius 1 is 0.704 bits per heavy atom. The predicted molar refractivity (Wildman–Crippen MR) is 111 cm³/mol. The van der Waals surface area contributed by atoms with Crippen LogP contribution in [0, 0.1) is 5.92 Å². The molecule has 2 aliphatic rings. The smallest absolute Gasteiger partial charge is 0.0894 e. The van der Waals surface area contributed by atoms with Gasteiger partial charge in [0.05, 0.1) is 22.4 Å². The lowest BCUT2D eigenvalue weighted by Crippen LogP contribution is -2.04. The molecule has 4 aromatic rings. The van der Waals surface area contributed by atoms with Gasteiger partial charge in [0, 0.05) is 16.7 Å². The van der Waals surface area contributed by atoms with E-state index in [4.69, 9.17) is 9.97 Å². The summed E-state index contributed by atoms with van der Waals surface area (Å²) in [7, 11) is 0. The van der Waals surface area contributed by atoms with Gasteiger partial charge in [0.15, 0.2) is 0 Å². The maximum Gasteiger partial charge on any atom is 0.0894 e. The van der Waals surface area contributed by atoms with Crippen LogP contribution >= 0.6 is 0 Å². The van der Waals surface area contributed by atoms with Crippen molar-refractivity contribution >= 4 is 21.8 Å². The second-order valence-corrected chi connectivity index (χ2v) is 7.49. The standard InChI is InChI=1S/C25H18N2/c1-3-7-20-17(6-1)13-19-15-25-18(14-21(19)20)10-12-24(27-25)23-11-9-16-5-2-4-8-22(16)26-23/h1-12,14-15,17,20H,13H2/t17-,20+/m0/s1. The van der Waals surface area contributed by atoms with E-state index < -0.39 is 0 Å². The van der Waals surface area contributed by atoms with Gasteiger partial charge in [-0.3, -0.25) is 0 Å². The van der Waals surface area contributed by atoms with Gasteiger partial charge in [-0.1, -0.05) is 54.6 Å². The van der Waals surface area contributed by atoms with Crippen LogP contribution in [0.3, 0.4) is 0 Å². The molecule has 2 heteroatoms. The van der Waals surface area contributed by atoms with Gasteiger partial charge in [-0.05, 0) is 53.8 Å². The van der Waals surface area contributed by atoms with Crippen LogP contribution in [0.4, 0.5) is 0 Å². The molecule has 0 aliphatic heterocycles. The van der Waals surface area contributed by atoms with Crippen molar-refractivity contribution in [3.8, 4) is 11.4 Å². The Kier molecular flexibility index (Phi) is 3.09. The molecule has 0 fully saturated rings. The zero-order valence-electron chi connectivity index (χ0n) is 14.8. The molecule has 2 atom stereocenters. The molecule has 27 heavy (non-hydrogen) atoms. The summed E-state index contributed by atoms with van der Waals surface area (Å²) in [6, 6.07) is 21.3. The van der Waals surface area contributed by atoms with Gasteiger partial charge in [-0.15, -0.1) is 0 Å². The number of hydrogen-bond donors (Lipinski definition) is 0. The fraction of sp³-hybridized carbons (Fsp3) is 0.120. The second kappa shape index (κ2) is 5.62. The Labute approximate surface area is 157 Å². The molecule has 2 nitrogen and oxygen atoms in total. The third kappa shape index (κ3) is 2.33. The molecule has 2 aromatic heterocycles. The molecule has 0 radical (unpaired) electrons. The average molecular weight is 346 g/mol. The van der Waals surface area contributed by atoms with Crippen LogP contribution < -0.4 is 0 Å². The molecule has 6 rings (SSSR count). The quantitative estimate of drug-likeness (QED) is 0.433. The molecule has 0 spiro atoms. The van der Waals surface area contributed by atoms with Crippen LogP contribution in [0.25, 0.3) is 33.2 Å². The monoisotopic (exact) mass is 346 g/mol. The fourth-order valence-electron chi connectivity index (χ4n) is 4.51. The minimum absolute atomic E-state index is 0.524. The van der Waals surface area contributed by atoms with E-state index in [1.54, 1.807) is 0 Å². The zero-order chi connectivity index (χ0) is 17.8. The third-order valence-corrected chi connectivity index (χ3v) is 5.87. The molecule has 2 heterocycles. The first kappa shape index (κ1) is 14.9. The molecule has 0 saturated carbocycles. The Bertz CT molecular complexity index is 1270. The van der Waals surface area contributed by atoms with Gasteiger partial charge in [-0.25, -0.2) is 9.97 Å². The van der Waals surface area contributed by atoms with Crippen LogP contribution in [0.15, 0.2) is 85.0 Å². The summed E-state index contributed by atoms with van der Waals surface area (Å²) in [5.74, 6) is 1.12. The van der Waals surface area contributed by atoms with Crippen molar-refractivity contribution in [2.45, 2.75) is 12.3 Å². The topological polar surface area (TPSA) is 25.8 Å². The molecule has 128 valence electrons. The van der Waals surface area contributed by atoms with Crippen LogP contribution in [-0.4, -0.2) is 9.97 Å². The number of aromatic nitrogens is 2. The van der Waals surface area contributed by atoms with Crippen molar-refractivity contribution in [1.29, 1.82) is 0 Å². The van der Waals surface area contributed by atoms with Crippen molar-refractivity contribution in [3.05, 3.63) is 96.1 Å². The first-order chi connectivity index (χ1) is 13.3. The van der Waals surface area contributed by atoms with Crippen molar-refractivity contribution in [1.82, 2.24) is 9.97 Å². The summed E-state index contributed by atoms with van der Waals surface area (Å²) in [6.45, 7) is 0. The molecule has 0 saturated heterocycles. The summed E-state index contributed by atoms with van der Waals surface area (Å²) in [4.78, 5) is 9.75. The molecular formula is C25H18N2. The number of fused-ring (bicyclic) bond motifs is 5. The maximum absolute atomic E-state index is 4.95. The highest BCUT2D eigenvalue weighted by Gasteiger charge is 2.30. The van der Waals surface area contributed by atoms with E-state index in [0.29, 0.717) is 11.8 Å². The lowest BCUT2D eigenvalue weighted by molar-refractivity contribution is 0.630. The zero-order valence-corrected chi connectivity index (χ0v) is 14.8. The van der Waals surface area contributed by atoms with E-state index in [0.717, 1.165) is 34.2 Å². The van der Waals surface area contributed by atoms with E-state index >= 15 is 0 Å². The van der Waals surface area contributed by atoms with Crippen LogP contribution in [0.2, 0.25) is 0 Å². The Balaban J connectivity index is 1.47. The fourth-order valence-corrected chi connectivity index (χ4v) is 4.51. The Hall–Kier alpha value is -3.26. The average Bonchev–Trinajstić information content (AvgIpc) is 3.08. The van der Waals surface area contributed by atoms with E-state index in [1.807, 2.05) is 12.1 Å². The van der Waals surface area contributed by atoms with E-state index in [1.165, 1.54) is 16.5 Å². The van der Waals surface area contributed by atoms with Gasteiger partial charge in [-0.2, -0.15) is 0 Å². The summed E-state index contributed by atoms with van der Waals surface area (Å²) < 4.78 is 0. The van der Waals surface area contributed by atoms with Gasteiger partial charge < -0.3 is 0 Å². The summed E-state index contributed by atoms with van der Waals surface area (Å²) in [6.07, 6.45) is 10.1. The minimum atomic E-state index is 0.524. The lowest BCUT2D eigenvalue weighted by atomic mass is 9.89. The van der Waals surface area contributed by atoms with Gasteiger partial charge in [0.1, 0.15) is 0 Å². The van der Waals surface area contributed by atoms with Crippen molar-refractivity contribution in [2.75, 3.05) is 0 Å². The number of pyridine rings is 2. The number of rotatable bonds is 1. The molecule has 0 amide bonds.